The Kier molecular flexibility index (Phi) is 8.31. The van der Waals surface area contributed by atoms with E-state index in [4.69, 9.17) is 4.74 Å². The fourth-order valence-electron chi connectivity index (χ4n) is 2.74. The maximum absolute atomic E-state index is 12.4. The minimum absolute atomic E-state index is 0.0494. The quantitative estimate of drug-likeness (QED) is 0.315. The van der Waals surface area contributed by atoms with Gasteiger partial charge in [0.05, 0.1) is 16.9 Å². The van der Waals surface area contributed by atoms with E-state index in [0.29, 0.717) is 12.2 Å². The number of nitrogens with zero attached hydrogens (tertiary/aromatic N) is 1. The number of hydrogen-bond acceptors (Lipinski definition) is 6. The minimum Gasteiger partial charge on any atom is -0.490 e. The summed E-state index contributed by atoms with van der Waals surface area (Å²) in [7, 11) is -2.32. The van der Waals surface area contributed by atoms with E-state index in [0.717, 1.165) is 31.7 Å². The van der Waals surface area contributed by atoms with E-state index in [9.17, 15) is 23.3 Å². The molecule has 2 aromatic rings. The first kappa shape index (κ1) is 23.3. The predicted molar refractivity (Wildman–Crippen MR) is 113 cm³/mol. The lowest BCUT2D eigenvalue weighted by molar-refractivity contribution is -0.385. The molecule has 0 atom stereocenters. The molecule has 0 saturated heterocycles. The maximum Gasteiger partial charge on any atom is 0.311 e. The number of methoxy groups -OCH3 is 1. The lowest BCUT2D eigenvalue weighted by atomic mass is 10.1. The van der Waals surface area contributed by atoms with Crippen LogP contribution in [0.5, 0.6) is 5.75 Å². The molecule has 0 aromatic heterocycles. The molecule has 0 aliphatic carbocycles. The fourth-order valence-corrected chi connectivity index (χ4v) is 3.81. The summed E-state index contributed by atoms with van der Waals surface area (Å²) in [6, 6.07) is 9.57. The summed E-state index contributed by atoms with van der Waals surface area (Å²) in [5.74, 6) is -0.515. The number of anilines is 1. The van der Waals surface area contributed by atoms with Crippen LogP contribution in [0.4, 0.5) is 11.4 Å². The molecule has 0 unspecified atom stereocenters. The summed E-state index contributed by atoms with van der Waals surface area (Å²) in [6.45, 7) is 2.46. The molecule has 9 nitrogen and oxygen atoms in total. The molecule has 0 heterocycles. The Morgan fingerprint density at radius 1 is 1.10 bits per heavy atom. The molecule has 0 aliphatic heterocycles. The molecule has 0 bridgehead atoms. The first-order valence-electron chi connectivity index (χ1n) is 9.52. The van der Waals surface area contributed by atoms with Crippen LogP contribution in [0, 0.1) is 10.1 Å². The molecule has 30 heavy (non-hydrogen) atoms. The molecular weight excluding hydrogens is 410 g/mol. The van der Waals surface area contributed by atoms with E-state index in [1.807, 2.05) is 0 Å². The summed E-state index contributed by atoms with van der Waals surface area (Å²) in [4.78, 5) is 23.0. The molecule has 2 N–H and O–H groups in total. The van der Waals surface area contributed by atoms with Crippen molar-refractivity contribution in [1.82, 2.24) is 4.72 Å². The Bertz CT molecular complexity index is 990. The Balaban J connectivity index is 2.04. The largest absolute Gasteiger partial charge is 0.490 e. The number of amides is 1. The Morgan fingerprint density at radius 2 is 1.80 bits per heavy atom. The van der Waals surface area contributed by atoms with Crippen LogP contribution in [0.25, 0.3) is 0 Å². The van der Waals surface area contributed by atoms with E-state index in [-0.39, 0.29) is 21.9 Å². The monoisotopic (exact) mass is 435 g/mol. The van der Waals surface area contributed by atoms with Gasteiger partial charge in [-0.1, -0.05) is 26.2 Å². The predicted octanol–water partition coefficient (Wildman–Crippen LogP) is 3.71. The second-order valence-electron chi connectivity index (χ2n) is 6.58. The summed E-state index contributed by atoms with van der Waals surface area (Å²) in [5.41, 5.74) is 0.116. The molecule has 1 amide bonds. The Hall–Kier alpha value is -2.98. The third kappa shape index (κ3) is 6.26. The van der Waals surface area contributed by atoms with E-state index in [2.05, 4.69) is 17.0 Å². The molecule has 0 aliphatic rings. The van der Waals surface area contributed by atoms with Crippen LogP contribution in [-0.2, 0) is 10.0 Å². The van der Waals surface area contributed by atoms with Crippen molar-refractivity contribution < 1.29 is 22.9 Å². The number of carbonyl (C=O) groups excluding carboxylic acids is 1. The van der Waals surface area contributed by atoms with E-state index in [1.165, 1.54) is 43.5 Å². The van der Waals surface area contributed by atoms with Gasteiger partial charge in [-0.15, -0.1) is 0 Å². The summed E-state index contributed by atoms with van der Waals surface area (Å²) >= 11 is 0. The van der Waals surface area contributed by atoms with Crippen LogP contribution in [0.1, 0.15) is 43.0 Å². The number of hydrogen-bond donors (Lipinski definition) is 2. The van der Waals surface area contributed by atoms with Crippen LogP contribution >= 0.6 is 0 Å². The van der Waals surface area contributed by atoms with Gasteiger partial charge in [0.1, 0.15) is 0 Å². The average Bonchev–Trinajstić information content (AvgIpc) is 2.73. The standard InChI is InChI=1S/C20H25N3O6S/c1-3-4-5-6-13-21-30(27,28)17-10-8-16(9-11-17)22-20(24)15-7-12-19(29-2)18(14-15)23(25)26/h7-12,14,21H,3-6,13H2,1-2H3,(H,22,24). The molecule has 0 saturated carbocycles. The van der Waals surface area contributed by atoms with E-state index >= 15 is 0 Å². The Labute approximate surface area is 175 Å². The second kappa shape index (κ2) is 10.7. The highest BCUT2D eigenvalue weighted by Crippen LogP contribution is 2.28. The van der Waals surface area contributed by atoms with E-state index in [1.54, 1.807) is 0 Å². The number of carbonyl (C=O) groups is 1. The second-order valence-corrected chi connectivity index (χ2v) is 8.35. The van der Waals surface area contributed by atoms with Gasteiger partial charge in [0.15, 0.2) is 5.75 Å². The molecule has 0 fully saturated rings. The van der Waals surface area contributed by atoms with Crippen LogP contribution in [0.3, 0.4) is 0 Å². The highest BCUT2D eigenvalue weighted by Gasteiger charge is 2.19. The molecule has 10 heteroatoms. The lowest BCUT2D eigenvalue weighted by Gasteiger charge is -2.09. The zero-order valence-corrected chi connectivity index (χ0v) is 17.7. The highest BCUT2D eigenvalue weighted by atomic mass is 32.2. The van der Waals surface area contributed by atoms with Crippen molar-refractivity contribution in [3.63, 3.8) is 0 Å². The van der Waals surface area contributed by atoms with Crippen molar-refractivity contribution in [3.8, 4) is 5.75 Å². The Morgan fingerprint density at radius 3 is 2.40 bits per heavy atom. The molecular formula is C20H25N3O6S. The molecule has 162 valence electrons. The SMILES string of the molecule is CCCCCCNS(=O)(=O)c1ccc(NC(=O)c2ccc(OC)c([N+](=O)[O-])c2)cc1. The summed E-state index contributed by atoms with van der Waals surface area (Å²) < 4.78 is 32.1. The van der Waals surface area contributed by atoms with Gasteiger partial charge in [-0.05, 0) is 42.8 Å². The number of unbranched alkanes of at least 4 members (excludes halogenated alkanes) is 3. The van der Waals surface area contributed by atoms with Crippen molar-refractivity contribution >= 4 is 27.3 Å². The number of nitrogens with one attached hydrogen (secondary N) is 2. The van der Waals surface area contributed by atoms with Crippen molar-refractivity contribution in [1.29, 1.82) is 0 Å². The zero-order chi connectivity index (χ0) is 22.1. The summed E-state index contributed by atoms with van der Waals surface area (Å²) in [6.07, 6.45) is 3.88. The molecule has 0 spiro atoms. The first-order valence-corrected chi connectivity index (χ1v) is 11.0. The van der Waals surface area contributed by atoms with Gasteiger partial charge in [0, 0.05) is 23.9 Å². The smallest absolute Gasteiger partial charge is 0.311 e. The number of benzene rings is 2. The number of rotatable bonds is 11. The van der Waals surface area contributed by atoms with Gasteiger partial charge >= 0.3 is 5.69 Å². The van der Waals surface area contributed by atoms with Crippen molar-refractivity contribution in [3.05, 3.63) is 58.1 Å². The normalized spacial score (nSPS) is 11.1. The van der Waals surface area contributed by atoms with Crippen LogP contribution < -0.4 is 14.8 Å². The van der Waals surface area contributed by atoms with E-state index < -0.39 is 20.9 Å². The number of sulfonamides is 1. The van der Waals surface area contributed by atoms with Gasteiger partial charge < -0.3 is 10.1 Å². The maximum atomic E-state index is 12.4. The van der Waals surface area contributed by atoms with Crippen molar-refractivity contribution in [2.75, 3.05) is 19.0 Å². The van der Waals surface area contributed by atoms with Gasteiger partial charge in [0.25, 0.3) is 5.91 Å². The van der Waals surface area contributed by atoms with Crippen LogP contribution in [-0.4, -0.2) is 32.9 Å². The minimum atomic E-state index is -3.62. The third-order valence-corrected chi connectivity index (χ3v) is 5.86. The lowest BCUT2D eigenvalue weighted by Crippen LogP contribution is -2.24. The number of nitro groups is 1. The van der Waals surface area contributed by atoms with Crippen molar-refractivity contribution in [2.45, 2.75) is 37.5 Å². The fraction of sp³-hybridized carbons (Fsp3) is 0.350. The third-order valence-electron chi connectivity index (χ3n) is 4.38. The van der Waals surface area contributed by atoms with Gasteiger partial charge in [-0.3, -0.25) is 14.9 Å². The topological polar surface area (TPSA) is 128 Å². The first-order chi connectivity index (χ1) is 14.3. The highest BCUT2D eigenvalue weighted by molar-refractivity contribution is 7.89. The zero-order valence-electron chi connectivity index (χ0n) is 16.9. The molecule has 2 aromatic carbocycles. The van der Waals surface area contributed by atoms with Crippen LogP contribution in [0.2, 0.25) is 0 Å². The average molecular weight is 436 g/mol. The van der Waals surface area contributed by atoms with Crippen molar-refractivity contribution in [2.24, 2.45) is 0 Å². The van der Waals surface area contributed by atoms with Gasteiger partial charge in [-0.25, -0.2) is 13.1 Å². The van der Waals surface area contributed by atoms with Crippen LogP contribution in [0.15, 0.2) is 47.4 Å². The molecule has 2 rings (SSSR count). The van der Waals surface area contributed by atoms with Gasteiger partial charge in [-0.2, -0.15) is 0 Å². The van der Waals surface area contributed by atoms with Gasteiger partial charge in [0.2, 0.25) is 10.0 Å². The number of nitro benzene ring substituents is 1. The molecule has 0 radical (unpaired) electrons. The summed E-state index contributed by atoms with van der Waals surface area (Å²) in [5, 5.41) is 13.7. The number of ether oxygens (including phenoxy) is 1.